The first-order chi connectivity index (χ1) is 7.54. The fourth-order valence-electron chi connectivity index (χ4n) is 2.98. The highest BCUT2D eigenvalue weighted by Gasteiger charge is 2.35. The SMILES string of the molecule is FC(F)(F)CNCC1CC2CCCCC2N1. The van der Waals surface area contributed by atoms with Crippen LogP contribution < -0.4 is 10.6 Å². The molecule has 0 aromatic rings. The third-order valence-electron chi connectivity index (χ3n) is 3.66. The normalized spacial score (nSPS) is 35.1. The Bertz CT molecular complexity index is 216. The maximum Gasteiger partial charge on any atom is 0.401 e. The van der Waals surface area contributed by atoms with Crippen LogP contribution in [0.15, 0.2) is 0 Å². The van der Waals surface area contributed by atoms with Gasteiger partial charge in [-0.05, 0) is 25.2 Å². The third kappa shape index (κ3) is 3.35. The van der Waals surface area contributed by atoms with E-state index >= 15 is 0 Å². The van der Waals surface area contributed by atoms with Gasteiger partial charge in [0.2, 0.25) is 0 Å². The second kappa shape index (κ2) is 4.92. The highest BCUT2D eigenvalue weighted by Crippen LogP contribution is 2.32. The van der Waals surface area contributed by atoms with Gasteiger partial charge in [0.05, 0.1) is 6.54 Å². The summed E-state index contributed by atoms with van der Waals surface area (Å²) in [5.41, 5.74) is 0. The Morgan fingerprint density at radius 2 is 1.94 bits per heavy atom. The zero-order valence-electron chi connectivity index (χ0n) is 9.32. The average molecular weight is 236 g/mol. The number of hydrogen-bond donors (Lipinski definition) is 2. The zero-order chi connectivity index (χ0) is 11.6. The number of hydrogen-bond acceptors (Lipinski definition) is 2. The molecule has 1 saturated heterocycles. The van der Waals surface area contributed by atoms with E-state index in [-0.39, 0.29) is 6.04 Å². The van der Waals surface area contributed by atoms with Gasteiger partial charge in [0, 0.05) is 18.6 Å². The average Bonchev–Trinajstić information content (AvgIpc) is 2.57. The molecule has 0 aromatic carbocycles. The van der Waals surface area contributed by atoms with Crippen LogP contribution in [-0.2, 0) is 0 Å². The molecule has 3 atom stereocenters. The molecule has 3 unspecified atom stereocenters. The lowest BCUT2D eigenvalue weighted by Gasteiger charge is -2.24. The summed E-state index contributed by atoms with van der Waals surface area (Å²) in [5.74, 6) is 0.700. The minimum atomic E-state index is -4.09. The summed E-state index contributed by atoms with van der Waals surface area (Å²) in [6.45, 7) is -0.437. The Morgan fingerprint density at radius 1 is 1.19 bits per heavy atom. The van der Waals surface area contributed by atoms with Gasteiger partial charge in [-0.25, -0.2) is 0 Å². The van der Waals surface area contributed by atoms with Crippen LogP contribution in [0.25, 0.3) is 0 Å². The summed E-state index contributed by atoms with van der Waals surface area (Å²) in [6, 6.07) is 0.793. The molecule has 2 rings (SSSR count). The largest absolute Gasteiger partial charge is 0.401 e. The van der Waals surface area contributed by atoms with E-state index in [0.29, 0.717) is 18.5 Å². The summed E-state index contributed by atoms with van der Waals surface area (Å²) < 4.78 is 35.8. The molecule has 1 aliphatic heterocycles. The zero-order valence-corrected chi connectivity index (χ0v) is 9.32. The molecule has 2 nitrogen and oxygen atoms in total. The fourth-order valence-corrected chi connectivity index (χ4v) is 2.98. The standard InChI is InChI=1S/C11H19F3N2/c12-11(13,14)7-15-6-9-5-8-3-1-2-4-10(8)16-9/h8-10,15-16H,1-7H2. The van der Waals surface area contributed by atoms with Crippen molar-refractivity contribution in [3.63, 3.8) is 0 Å². The smallest absolute Gasteiger partial charge is 0.310 e. The van der Waals surface area contributed by atoms with Crippen molar-refractivity contribution in [1.29, 1.82) is 0 Å². The van der Waals surface area contributed by atoms with Gasteiger partial charge < -0.3 is 10.6 Å². The first kappa shape index (κ1) is 12.2. The van der Waals surface area contributed by atoms with E-state index in [2.05, 4.69) is 10.6 Å². The van der Waals surface area contributed by atoms with E-state index < -0.39 is 12.7 Å². The van der Waals surface area contributed by atoms with E-state index in [1.807, 2.05) is 0 Å². The molecule has 0 spiro atoms. The van der Waals surface area contributed by atoms with E-state index in [0.717, 1.165) is 6.42 Å². The van der Waals surface area contributed by atoms with Crippen LogP contribution in [0.5, 0.6) is 0 Å². The molecular weight excluding hydrogens is 217 g/mol. The Morgan fingerprint density at radius 3 is 2.62 bits per heavy atom. The molecule has 0 aromatic heterocycles. The van der Waals surface area contributed by atoms with Crippen molar-refractivity contribution in [2.45, 2.75) is 50.4 Å². The van der Waals surface area contributed by atoms with Crippen LogP contribution in [-0.4, -0.2) is 31.3 Å². The monoisotopic (exact) mass is 236 g/mol. The molecule has 1 heterocycles. The molecular formula is C11H19F3N2. The van der Waals surface area contributed by atoms with E-state index in [1.54, 1.807) is 0 Å². The number of nitrogens with one attached hydrogen (secondary N) is 2. The van der Waals surface area contributed by atoms with Gasteiger partial charge in [0.15, 0.2) is 0 Å². The molecule has 1 aliphatic carbocycles. The second-order valence-electron chi connectivity index (χ2n) is 5.00. The molecule has 2 N–H and O–H groups in total. The molecule has 0 bridgehead atoms. The molecule has 94 valence electrons. The van der Waals surface area contributed by atoms with Crippen molar-refractivity contribution >= 4 is 0 Å². The second-order valence-corrected chi connectivity index (χ2v) is 5.00. The van der Waals surface area contributed by atoms with Gasteiger partial charge in [0.25, 0.3) is 0 Å². The topological polar surface area (TPSA) is 24.1 Å². The summed E-state index contributed by atoms with van der Waals surface area (Å²) in [5, 5.41) is 5.94. The summed E-state index contributed by atoms with van der Waals surface area (Å²) in [4.78, 5) is 0. The van der Waals surface area contributed by atoms with Gasteiger partial charge in [0.1, 0.15) is 0 Å². The number of alkyl halides is 3. The van der Waals surface area contributed by atoms with Crippen LogP contribution in [0.1, 0.15) is 32.1 Å². The van der Waals surface area contributed by atoms with Gasteiger partial charge in [-0.2, -0.15) is 13.2 Å². The van der Waals surface area contributed by atoms with Crippen molar-refractivity contribution in [2.24, 2.45) is 5.92 Å². The Kier molecular flexibility index (Phi) is 3.74. The van der Waals surface area contributed by atoms with Crippen molar-refractivity contribution in [2.75, 3.05) is 13.1 Å². The summed E-state index contributed by atoms with van der Waals surface area (Å²) in [7, 11) is 0. The minimum absolute atomic E-state index is 0.232. The first-order valence-corrected chi connectivity index (χ1v) is 6.08. The number of rotatable bonds is 3. The van der Waals surface area contributed by atoms with E-state index in [1.165, 1.54) is 25.7 Å². The van der Waals surface area contributed by atoms with E-state index in [4.69, 9.17) is 0 Å². The van der Waals surface area contributed by atoms with E-state index in [9.17, 15) is 13.2 Å². The lowest BCUT2D eigenvalue weighted by molar-refractivity contribution is -0.124. The maximum absolute atomic E-state index is 11.9. The highest BCUT2D eigenvalue weighted by molar-refractivity contribution is 4.93. The van der Waals surface area contributed by atoms with Crippen molar-refractivity contribution in [3.8, 4) is 0 Å². The molecule has 0 radical (unpaired) electrons. The van der Waals surface area contributed by atoms with Crippen molar-refractivity contribution < 1.29 is 13.2 Å². The Balaban J connectivity index is 1.68. The van der Waals surface area contributed by atoms with Crippen LogP contribution in [0.4, 0.5) is 13.2 Å². The van der Waals surface area contributed by atoms with Crippen LogP contribution in [0.3, 0.4) is 0 Å². The highest BCUT2D eigenvalue weighted by atomic mass is 19.4. The first-order valence-electron chi connectivity index (χ1n) is 6.08. The van der Waals surface area contributed by atoms with Crippen molar-refractivity contribution in [1.82, 2.24) is 10.6 Å². The van der Waals surface area contributed by atoms with Crippen molar-refractivity contribution in [3.05, 3.63) is 0 Å². The molecule has 2 aliphatic rings. The van der Waals surface area contributed by atoms with Gasteiger partial charge >= 0.3 is 6.18 Å². The predicted molar refractivity (Wildman–Crippen MR) is 56.2 cm³/mol. The fraction of sp³-hybridized carbons (Fsp3) is 1.00. The van der Waals surface area contributed by atoms with Crippen LogP contribution in [0.2, 0.25) is 0 Å². The lowest BCUT2D eigenvalue weighted by Crippen LogP contribution is -2.41. The summed E-state index contributed by atoms with van der Waals surface area (Å²) in [6.07, 6.45) is 1.93. The Labute approximate surface area is 94.0 Å². The lowest BCUT2D eigenvalue weighted by atomic mass is 9.85. The number of halogens is 3. The predicted octanol–water partition coefficient (Wildman–Crippen LogP) is 2.06. The minimum Gasteiger partial charge on any atom is -0.310 e. The van der Waals surface area contributed by atoms with Crippen LogP contribution >= 0.6 is 0 Å². The molecule has 1 saturated carbocycles. The quantitative estimate of drug-likeness (QED) is 0.783. The summed E-state index contributed by atoms with van der Waals surface area (Å²) >= 11 is 0. The Hall–Kier alpha value is -0.290. The third-order valence-corrected chi connectivity index (χ3v) is 3.66. The maximum atomic E-state index is 11.9. The molecule has 0 amide bonds. The van der Waals surface area contributed by atoms with Crippen LogP contribution in [0, 0.1) is 5.92 Å². The molecule has 16 heavy (non-hydrogen) atoms. The van der Waals surface area contributed by atoms with Gasteiger partial charge in [-0.3, -0.25) is 0 Å². The molecule has 5 heteroatoms. The van der Waals surface area contributed by atoms with Gasteiger partial charge in [-0.1, -0.05) is 12.8 Å². The number of fused-ring (bicyclic) bond motifs is 1. The molecule has 2 fully saturated rings. The van der Waals surface area contributed by atoms with Gasteiger partial charge in [-0.15, -0.1) is 0 Å².